The number of nitrogens with zero attached hydrogens (tertiary/aromatic N) is 1. The van der Waals surface area contributed by atoms with Crippen molar-refractivity contribution in [2.75, 3.05) is 0 Å². The van der Waals surface area contributed by atoms with Crippen molar-refractivity contribution < 1.29 is 24.3 Å². The second-order valence-electron chi connectivity index (χ2n) is 3.46. The number of hydrogen-bond acceptors (Lipinski definition) is 5. The van der Waals surface area contributed by atoms with E-state index in [4.69, 9.17) is 5.11 Å². The molecule has 8 heteroatoms. The first-order chi connectivity index (χ1) is 8.02. The highest BCUT2D eigenvalue weighted by atomic mass is 32.2. The highest BCUT2D eigenvalue weighted by Crippen LogP contribution is 2.39. The molecule has 2 atom stereocenters. The van der Waals surface area contributed by atoms with Gasteiger partial charge in [-0.3, -0.25) is 19.3 Å². The van der Waals surface area contributed by atoms with Gasteiger partial charge in [-0.1, -0.05) is 0 Å². The van der Waals surface area contributed by atoms with E-state index >= 15 is 0 Å². The van der Waals surface area contributed by atoms with Crippen molar-refractivity contribution in [3.05, 3.63) is 11.8 Å². The molecule has 17 heavy (non-hydrogen) atoms. The number of β-lactam (4-membered cyclic amide) rings is 1. The Morgan fingerprint density at radius 1 is 1.59 bits per heavy atom. The van der Waals surface area contributed by atoms with E-state index in [2.05, 4.69) is 5.32 Å². The maximum atomic E-state index is 11.2. The van der Waals surface area contributed by atoms with Crippen LogP contribution in [0.15, 0.2) is 11.8 Å². The van der Waals surface area contributed by atoms with Crippen molar-refractivity contribution in [3.63, 3.8) is 0 Å². The first-order valence-corrected chi connectivity index (χ1v) is 5.65. The third-order valence-electron chi connectivity index (χ3n) is 2.39. The third-order valence-corrected chi connectivity index (χ3v) is 3.63. The van der Waals surface area contributed by atoms with E-state index < -0.39 is 17.3 Å². The van der Waals surface area contributed by atoms with E-state index in [1.54, 1.807) is 0 Å². The number of thioether (sulfide) groups is 1. The van der Waals surface area contributed by atoms with Crippen LogP contribution >= 0.6 is 11.8 Å². The number of nitrogens with one attached hydrogen (secondary N) is 1. The third kappa shape index (κ3) is 2.03. The van der Waals surface area contributed by atoms with Crippen LogP contribution in [0.25, 0.3) is 0 Å². The summed E-state index contributed by atoms with van der Waals surface area (Å²) in [5, 5.41) is 10.4. The summed E-state index contributed by atoms with van der Waals surface area (Å²) in [5.41, 5.74) is -0.152. The van der Waals surface area contributed by atoms with Crippen LogP contribution in [0.3, 0.4) is 0 Å². The quantitative estimate of drug-likeness (QED) is 0.377. The molecule has 0 radical (unpaired) electrons. The van der Waals surface area contributed by atoms with Gasteiger partial charge in [0.15, 0.2) is 0 Å². The molecule has 0 aliphatic carbocycles. The zero-order valence-electron chi connectivity index (χ0n) is 8.45. The van der Waals surface area contributed by atoms with Gasteiger partial charge in [0.25, 0.3) is 5.91 Å². The first-order valence-electron chi connectivity index (χ1n) is 4.71. The minimum atomic E-state index is -1.23. The first kappa shape index (κ1) is 11.6. The lowest BCUT2D eigenvalue weighted by atomic mass is 10.1. The minimum absolute atomic E-state index is 0.118. The fourth-order valence-electron chi connectivity index (χ4n) is 1.64. The number of carboxylic acid groups (broad SMARTS) is 1. The number of carboxylic acids is 1. The molecular formula is C9H8N2O5S. The smallest absolute Gasteiger partial charge is 0.352 e. The average molecular weight is 256 g/mol. The average Bonchev–Trinajstić information content (AvgIpc) is 2.26. The molecule has 7 nitrogen and oxygen atoms in total. The predicted molar refractivity (Wildman–Crippen MR) is 56.6 cm³/mol. The lowest BCUT2D eigenvalue weighted by molar-refractivity contribution is -0.146. The number of fused-ring (bicyclic) bond motifs is 1. The fourth-order valence-corrected chi connectivity index (χ4v) is 2.96. The molecule has 2 aliphatic rings. The molecule has 0 aromatic rings. The minimum Gasteiger partial charge on any atom is -0.477 e. The number of aliphatic carboxylic acids is 1. The van der Waals surface area contributed by atoms with E-state index in [0.717, 1.165) is 0 Å². The molecule has 0 spiro atoms. The SMILES string of the molecule is O=CC(=O)NC1C=C(C(=O)O)N2C(=O)C[C@H]2S1. The van der Waals surface area contributed by atoms with Crippen molar-refractivity contribution in [2.45, 2.75) is 17.2 Å². The summed E-state index contributed by atoms with van der Waals surface area (Å²) in [5.74, 6) is -2.30. The Hall–Kier alpha value is -1.83. The molecule has 2 amide bonds. The molecule has 0 saturated carbocycles. The summed E-state index contributed by atoms with van der Waals surface area (Å²) in [4.78, 5) is 44.4. The highest BCUT2D eigenvalue weighted by Gasteiger charge is 2.45. The summed E-state index contributed by atoms with van der Waals surface area (Å²) >= 11 is 1.22. The maximum absolute atomic E-state index is 11.2. The normalized spacial score (nSPS) is 26.5. The van der Waals surface area contributed by atoms with Gasteiger partial charge < -0.3 is 10.4 Å². The van der Waals surface area contributed by atoms with Gasteiger partial charge in [-0.15, -0.1) is 11.8 Å². The van der Waals surface area contributed by atoms with Crippen LogP contribution < -0.4 is 5.32 Å². The van der Waals surface area contributed by atoms with Crippen molar-refractivity contribution >= 4 is 35.8 Å². The molecule has 1 fully saturated rings. The number of aldehydes is 1. The molecule has 1 unspecified atom stereocenters. The highest BCUT2D eigenvalue weighted by molar-refractivity contribution is 8.00. The second kappa shape index (κ2) is 4.21. The number of carbonyl (C=O) groups is 4. The zero-order chi connectivity index (χ0) is 12.6. The largest absolute Gasteiger partial charge is 0.477 e. The zero-order valence-corrected chi connectivity index (χ0v) is 9.27. The van der Waals surface area contributed by atoms with Gasteiger partial charge in [-0.2, -0.15) is 0 Å². The summed E-state index contributed by atoms with van der Waals surface area (Å²) in [6, 6.07) is 0. The van der Waals surface area contributed by atoms with Crippen LogP contribution in [0.5, 0.6) is 0 Å². The molecule has 2 N–H and O–H groups in total. The Labute approximate surface area is 99.8 Å². The number of amides is 2. The van der Waals surface area contributed by atoms with Gasteiger partial charge in [0.2, 0.25) is 12.2 Å². The summed E-state index contributed by atoms with van der Waals surface area (Å²) in [6.45, 7) is 0. The molecule has 1 saturated heterocycles. The van der Waals surface area contributed by atoms with Gasteiger partial charge in [0, 0.05) is 0 Å². The van der Waals surface area contributed by atoms with Gasteiger partial charge in [0.05, 0.1) is 17.2 Å². The Balaban J connectivity index is 2.19. The van der Waals surface area contributed by atoms with Crippen molar-refractivity contribution in [2.24, 2.45) is 0 Å². The number of hydrogen-bond donors (Lipinski definition) is 2. The van der Waals surface area contributed by atoms with Gasteiger partial charge in [-0.25, -0.2) is 4.79 Å². The predicted octanol–water partition coefficient (Wildman–Crippen LogP) is -1.10. The van der Waals surface area contributed by atoms with Gasteiger partial charge in [0.1, 0.15) is 5.70 Å². The molecule has 0 bridgehead atoms. The van der Waals surface area contributed by atoms with Crippen LogP contribution in [-0.4, -0.2) is 44.8 Å². The Kier molecular flexibility index (Phi) is 2.88. The van der Waals surface area contributed by atoms with Crippen molar-refractivity contribution in [3.8, 4) is 0 Å². The molecule has 0 aromatic heterocycles. The number of rotatable bonds is 3. The molecule has 90 valence electrons. The second-order valence-corrected chi connectivity index (χ2v) is 4.79. The van der Waals surface area contributed by atoms with E-state index in [-0.39, 0.29) is 29.7 Å². The molecule has 2 heterocycles. The summed E-state index contributed by atoms with van der Waals surface area (Å²) in [7, 11) is 0. The molecule has 2 rings (SSSR count). The van der Waals surface area contributed by atoms with Crippen molar-refractivity contribution in [1.82, 2.24) is 10.2 Å². The lowest BCUT2D eigenvalue weighted by Crippen LogP contribution is -2.55. The van der Waals surface area contributed by atoms with E-state index in [9.17, 15) is 19.2 Å². The Bertz CT molecular complexity index is 447. The van der Waals surface area contributed by atoms with Crippen LogP contribution in [0.1, 0.15) is 6.42 Å². The molecular weight excluding hydrogens is 248 g/mol. The Morgan fingerprint density at radius 2 is 2.29 bits per heavy atom. The lowest BCUT2D eigenvalue weighted by Gasteiger charge is -2.44. The summed E-state index contributed by atoms with van der Waals surface area (Å²) in [6.07, 6.45) is 1.61. The van der Waals surface area contributed by atoms with Crippen LogP contribution in [0.4, 0.5) is 0 Å². The summed E-state index contributed by atoms with van der Waals surface area (Å²) < 4.78 is 0. The molecule has 0 aromatic carbocycles. The van der Waals surface area contributed by atoms with Crippen molar-refractivity contribution in [1.29, 1.82) is 0 Å². The monoisotopic (exact) mass is 256 g/mol. The number of carbonyl (C=O) groups excluding carboxylic acids is 3. The fraction of sp³-hybridized carbons (Fsp3) is 0.333. The van der Waals surface area contributed by atoms with E-state index in [0.29, 0.717) is 0 Å². The standard InChI is InChI=1S/C9H8N2O5S/c12-3-5(13)10-6-1-4(9(15)16)11-7(14)2-8(11)17-6/h1,3,6,8H,2H2,(H,10,13)(H,15,16)/t6?,8-/m1/s1. The van der Waals surface area contributed by atoms with E-state index in [1.807, 2.05) is 0 Å². The molecule has 2 aliphatic heterocycles. The van der Waals surface area contributed by atoms with E-state index in [1.165, 1.54) is 22.7 Å². The van der Waals surface area contributed by atoms with Gasteiger partial charge in [-0.05, 0) is 6.08 Å². The van der Waals surface area contributed by atoms with Crippen LogP contribution in [0.2, 0.25) is 0 Å². The topological polar surface area (TPSA) is 104 Å². The van der Waals surface area contributed by atoms with Gasteiger partial charge >= 0.3 is 5.97 Å². The van der Waals surface area contributed by atoms with Crippen LogP contribution in [0, 0.1) is 0 Å². The maximum Gasteiger partial charge on any atom is 0.352 e. The Morgan fingerprint density at radius 3 is 2.82 bits per heavy atom. The van der Waals surface area contributed by atoms with Crippen LogP contribution in [-0.2, 0) is 19.2 Å².